The van der Waals surface area contributed by atoms with Crippen LogP contribution in [0.25, 0.3) is 6.08 Å². The van der Waals surface area contributed by atoms with Crippen LogP contribution in [0.1, 0.15) is 19.4 Å². The number of pyridine rings is 1. The van der Waals surface area contributed by atoms with Gasteiger partial charge in [0.05, 0.1) is 0 Å². The van der Waals surface area contributed by atoms with Crippen molar-refractivity contribution in [3.05, 3.63) is 36.2 Å². The maximum absolute atomic E-state index is 10.5. The molecule has 1 N–H and O–H groups in total. The number of carbonyl (C=O) groups is 1. The number of carboxylic acids is 1. The van der Waals surface area contributed by atoms with Gasteiger partial charge in [-0.2, -0.15) is 4.57 Å². The molecule has 0 unspecified atom stereocenters. The fourth-order valence-electron chi connectivity index (χ4n) is 1.20. The molecule has 15 heavy (non-hydrogen) atoms. The third-order valence-corrected chi connectivity index (χ3v) is 1.87. The van der Waals surface area contributed by atoms with E-state index in [1.54, 1.807) is 10.8 Å². The zero-order chi connectivity index (χ0) is 11.3. The van der Waals surface area contributed by atoms with E-state index in [4.69, 9.17) is 5.11 Å². The van der Waals surface area contributed by atoms with Gasteiger partial charge in [0, 0.05) is 11.6 Å². The van der Waals surface area contributed by atoms with Crippen molar-refractivity contribution in [2.45, 2.75) is 20.4 Å². The Morgan fingerprint density at radius 2 is 2.33 bits per heavy atom. The van der Waals surface area contributed by atoms with Crippen LogP contribution in [0.2, 0.25) is 0 Å². The van der Waals surface area contributed by atoms with Crippen molar-refractivity contribution in [2.75, 3.05) is 0 Å². The Kier molecular flexibility index (Phi) is 4.03. The van der Waals surface area contributed by atoms with E-state index in [2.05, 4.69) is 19.9 Å². The van der Waals surface area contributed by atoms with Crippen LogP contribution < -0.4 is 4.57 Å². The molecule has 0 aliphatic heterocycles. The zero-order valence-electron chi connectivity index (χ0n) is 9.05. The molecule has 80 valence electrons. The molecule has 0 fully saturated rings. The summed E-state index contributed by atoms with van der Waals surface area (Å²) in [5.74, 6) is -0.330. The lowest BCUT2D eigenvalue weighted by Crippen LogP contribution is -2.37. The van der Waals surface area contributed by atoms with Crippen molar-refractivity contribution in [2.24, 2.45) is 5.92 Å². The number of allylic oxidation sites excluding steroid dienone is 1. The van der Waals surface area contributed by atoms with Crippen LogP contribution in [0.5, 0.6) is 0 Å². The third kappa shape index (κ3) is 4.40. The first-order valence-corrected chi connectivity index (χ1v) is 4.97. The topological polar surface area (TPSA) is 41.2 Å². The molecule has 0 bridgehead atoms. The largest absolute Gasteiger partial charge is 0.477 e. The number of carboxylic acid groups (broad SMARTS) is 1. The third-order valence-electron chi connectivity index (χ3n) is 1.87. The molecule has 3 nitrogen and oxygen atoms in total. The molecule has 0 atom stereocenters. The molecular weight excluding hydrogens is 190 g/mol. The summed E-state index contributed by atoms with van der Waals surface area (Å²) in [6, 6.07) is 3.81. The lowest BCUT2D eigenvalue weighted by molar-refractivity contribution is -0.685. The van der Waals surface area contributed by atoms with E-state index in [-0.39, 0.29) is 6.54 Å². The Hall–Kier alpha value is -1.64. The van der Waals surface area contributed by atoms with Crippen molar-refractivity contribution < 1.29 is 14.5 Å². The summed E-state index contributed by atoms with van der Waals surface area (Å²) >= 11 is 0. The van der Waals surface area contributed by atoms with Gasteiger partial charge >= 0.3 is 5.97 Å². The van der Waals surface area contributed by atoms with Gasteiger partial charge in [0.1, 0.15) is 0 Å². The van der Waals surface area contributed by atoms with Crippen molar-refractivity contribution in [3.8, 4) is 0 Å². The summed E-state index contributed by atoms with van der Waals surface area (Å²) in [5, 5.41) is 8.64. The van der Waals surface area contributed by atoms with Crippen LogP contribution in [0.3, 0.4) is 0 Å². The molecule has 1 rings (SSSR count). The van der Waals surface area contributed by atoms with Gasteiger partial charge in [0.2, 0.25) is 6.54 Å². The maximum Gasteiger partial charge on any atom is 0.370 e. The van der Waals surface area contributed by atoms with E-state index >= 15 is 0 Å². The Labute approximate surface area is 89.7 Å². The van der Waals surface area contributed by atoms with Gasteiger partial charge < -0.3 is 5.11 Å². The highest BCUT2D eigenvalue weighted by Crippen LogP contribution is 2.02. The minimum absolute atomic E-state index is 0.00333. The maximum atomic E-state index is 10.5. The second kappa shape index (κ2) is 5.29. The van der Waals surface area contributed by atoms with E-state index < -0.39 is 5.97 Å². The highest BCUT2D eigenvalue weighted by molar-refractivity contribution is 5.64. The summed E-state index contributed by atoms with van der Waals surface area (Å²) in [4.78, 5) is 10.5. The van der Waals surface area contributed by atoms with Crippen LogP contribution in [-0.2, 0) is 11.3 Å². The minimum Gasteiger partial charge on any atom is -0.477 e. The van der Waals surface area contributed by atoms with Gasteiger partial charge in [0.15, 0.2) is 12.4 Å². The molecule has 1 heterocycles. The first kappa shape index (κ1) is 11.4. The summed E-state index contributed by atoms with van der Waals surface area (Å²) in [6.07, 6.45) is 7.66. The number of nitrogens with zero attached hydrogens (tertiary/aromatic N) is 1. The quantitative estimate of drug-likeness (QED) is 0.762. The highest BCUT2D eigenvalue weighted by atomic mass is 16.4. The molecule has 0 aliphatic carbocycles. The fourth-order valence-corrected chi connectivity index (χ4v) is 1.20. The van der Waals surface area contributed by atoms with Gasteiger partial charge in [-0.05, 0) is 12.0 Å². The molecule has 0 spiro atoms. The molecule has 1 aromatic rings. The fraction of sp³-hybridized carbons (Fsp3) is 0.333. The molecule has 1 aromatic heterocycles. The average molecular weight is 206 g/mol. The first-order valence-electron chi connectivity index (χ1n) is 4.97. The molecule has 0 saturated heterocycles. The summed E-state index contributed by atoms with van der Waals surface area (Å²) in [6.45, 7) is 4.21. The van der Waals surface area contributed by atoms with Gasteiger partial charge in [-0.15, -0.1) is 0 Å². The monoisotopic (exact) mass is 206 g/mol. The number of aromatic nitrogens is 1. The number of aliphatic carboxylic acids is 1. The molecule has 0 saturated carbocycles. The van der Waals surface area contributed by atoms with Crippen molar-refractivity contribution in [1.29, 1.82) is 0 Å². The van der Waals surface area contributed by atoms with E-state index in [1.165, 1.54) is 0 Å². The number of hydrogen-bond acceptors (Lipinski definition) is 1. The predicted octanol–water partition coefficient (Wildman–Crippen LogP) is 1.73. The molecule has 0 radical (unpaired) electrons. The van der Waals surface area contributed by atoms with Gasteiger partial charge in [-0.3, -0.25) is 0 Å². The zero-order valence-corrected chi connectivity index (χ0v) is 9.05. The number of rotatable bonds is 4. The van der Waals surface area contributed by atoms with Gasteiger partial charge in [-0.1, -0.05) is 26.0 Å². The molecule has 0 aromatic carbocycles. The van der Waals surface area contributed by atoms with Crippen LogP contribution in [0.4, 0.5) is 0 Å². The Morgan fingerprint density at radius 1 is 1.60 bits per heavy atom. The lowest BCUT2D eigenvalue weighted by atomic mass is 10.1. The Bertz CT molecular complexity index is 370. The lowest BCUT2D eigenvalue weighted by Gasteiger charge is -1.95. The SMILES string of the molecule is CC(C)/C=C/c1ccc[n+](CC(=O)O)c1. The van der Waals surface area contributed by atoms with Crippen molar-refractivity contribution >= 4 is 12.0 Å². The average Bonchev–Trinajstić information content (AvgIpc) is 2.14. The van der Waals surface area contributed by atoms with Crippen LogP contribution in [0, 0.1) is 5.92 Å². The minimum atomic E-state index is -0.829. The van der Waals surface area contributed by atoms with Gasteiger partial charge in [-0.25, -0.2) is 4.79 Å². The summed E-state index contributed by atoms with van der Waals surface area (Å²) < 4.78 is 1.66. The molecule has 0 amide bonds. The van der Waals surface area contributed by atoms with E-state index in [0.29, 0.717) is 5.92 Å². The summed E-state index contributed by atoms with van der Waals surface area (Å²) in [5.41, 5.74) is 1.02. The van der Waals surface area contributed by atoms with E-state index in [9.17, 15) is 4.79 Å². The highest BCUT2D eigenvalue weighted by Gasteiger charge is 2.06. The predicted molar refractivity (Wildman–Crippen MR) is 58.1 cm³/mol. The Morgan fingerprint density at radius 3 is 2.93 bits per heavy atom. The van der Waals surface area contributed by atoms with E-state index in [0.717, 1.165) is 5.56 Å². The standard InChI is InChI=1S/C12H15NO2/c1-10(2)5-6-11-4-3-7-13(8-11)9-12(14)15/h3-8,10H,9H2,1-2H3/p+1/b6-5+. The second-order valence-corrected chi connectivity index (χ2v) is 3.81. The second-order valence-electron chi connectivity index (χ2n) is 3.81. The summed E-state index contributed by atoms with van der Waals surface area (Å²) in [7, 11) is 0. The molecular formula is C12H16NO2+. The Balaban J connectivity index is 2.78. The van der Waals surface area contributed by atoms with Crippen LogP contribution >= 0.6 is 0 Å². The first-order chi connectivity index (χ1) is 7.08. The molecule has 3 heteroatoms. The van der Waals surface area contributed by atoms with Crippen LogP contribution in [-0.4, -0.2) is 11.1 Å². The van der Waals surface area contributed by atoms with Gasteiger partial charge in [0.25, 0.3) is 0 Å². The smallest absolute Gasteiger partial charge is 0.370 e. The molecule has 0 aliphatic rings. The van der Waals surface area contributed by atoms with Crippen LogP contribution in [0.15, 0.2) is 30.6 Å². The normalized spacial score (nSPS) is 11.1. The van der Waals surface area contributed by atoms with E-state index in [1.807, 2.05) is 24.4 Å². The number of hydrogen-bond donors (Lipinski definition) is 1. The van der Waals surface area contributed by atoms with Crippen molar-refractivity contribution in [3.63, 3.8) is 0 Å². The van der Waals surface area contributed by atoms with Crippen molar-refractivity contribution in [1.82, 2.24) is 0 Å².